The Morgan fingerprint density at radius 1 is 1.10 bits per heavy atom. The van der Waals surface area contributed by atoms with Gasteiger partial charge in [0, 0.05) is 20.5 Å². The maximum atomic E-state index is 12.0. The van der Waals surface area contributed by atoms with Crippen LogP contribution in [0.3, 0.4) is 0 Å². The summed E-state index contributed by atoms with van der Waals surface area (Å²) in [6.45, 7) is 0. The van der Waals surface area contributed by atoms with Gasteiger partial charge in [0.1, 0.15) is 11.3 Å². The standard InChI is InChI=1S/C14H14N4O2.H3N/c1-17-12-11(13(19)18(2)14(17)20)15-10(16-12)8-9-6-4-3-5-7-9;/h3-7H,8H2,1-2H3,(H,15,16);1H3. The van der Waals surface area contributed by atoms with Crippen LogP contribution in [0.1, 0.15) is 11.4 Å². The van der Waals surface area contributed by atoms with E-state index < -0.39 is 0 Å². The number of aryl methyl sites for hydroxylation is 1. The van der Waals surface area contributed by atoms with Crippen molar-refractivity contribution in [1.82, 2.24) is 25.3 Å². The largest absolute Gasteiger partial charge is 0.344 e. The van der Waals surface area contributed by atoms with E-state index in [1.54, 1.807) is 7.05 Å². The van der Waals surface area contributed by atoms with Crippen LogP contribution in [0.25, 0.3) is 11.2 Å². The molecule has 7 nitrogen and oxygen atoms in total. The molecule has 1 aromatic carbocycles. The molecular weight excluding hydrogens is 270 g/mol. The number of aromatic amines is 1. The Morgan fingerprint density at radius 2 is 1.76 bits per heavy atom. The fraction of sp³-hybridized carbons (Fsp3) is 0.214. The summed E-state index contributed by atoms with van der Waals surface area (Å²) < 4.78 is 2.45. The average molecular weight is 287 g/mol. The number of hydrogen-bond donors (Lipinski definition) is 2. The molecule has 0 aliphatic carbocycles. The summed E-state index contributed by atoms with van der Waals surface area (Å²) in [5.41, 5.74) is 1.12. The van der Waals surface area contributed by atoms with Gasteiger partial charge in [-0.05, 0) is 5.56 Å². The number of aromatic nitrogens is 4. The smallest absolute Gasteiger partial charge is 0.332 e. The Kier molecular flexibility index (Phi) is 3.77. The number of hydrogen-bond acceptors (Lipinski definition) is 4. The lowest BCUT2D eigenvalue weighted by molar-refractivity contribution is 0.708. The highest BCUT2D eigenvalue weighted by molar-refractivity contribution is 5.69. The molecule has 0 unspecified atom stereocenters. The maximum absolute atomic E-state index is 12.0. The summed E-state index contributed by atoms with van der Waals surface area (Å²) in [5, 5.41) is 0. The molecule has 110 valence electrons. The van der Waals surface area contributed by atoms with Crippen molar-refractivity contribution in [2.24, 2.45) is 14.1 Å². The minimum Gasteiger partial charge on any atom is -0.344 e. The first-order valence-corrected chi connectivity index (χ1v) is 6.26. The molecule has 0 amide bonds. The second-order valence-electron chi connectivity index (χ2n) is 4.75. The fourth-order valence-corrected chi connectivity index (χ4v) is 2.25. The van der Waals surface area contributed by atoms with E-state index in [1.807, 2.05) is 30.3 Å². The van der Waals surface area contributed by atoms with E-state index in [-0.39, 0.29) is 17.4 Å². The monoisotopic (exact) mass is 287 g/mol. The predicted molar refractivity (Wildman–Crippen MR) is 80.8 cm³/mol. The van der Waals surface area contributed by atoms with Crippen molar-refractivity contribution in [3.63, 3.8) is 0 Å². The molecule has 0 saturated carbocycles. The highest BCUT2D eigenvalue weighted by Crippen LogP contribution is 2.09. The van der Waals surface area contributed by atoms with Crippen LogP contribution in [0.5, 0.6) is 0 Å². The molecule has 3 rings (SSSR count). The van der Waals surface area contributed by atoms with Crippen molar-refractivity contribution < 1.29 is 0 Å². The second-order valence-corrected chi connectivity index (χ2v) is 4.75. The Balaban J connectivity index is 0.00000161. The summed E-state index contributed by atoms with van der Waals surface area (Å²) >= 11 is 0. The number of imidazole rings is 1. The van der Waals surface area contributed by atoms with E-state index in [0.717, 1.165) is 10.1 Å². The highest BCUT2D eigenvalue weighted by atomic mass is 16.2. The van der Waals surface area contributed by atoms with Crippen LogP contribution in [0.4, 0.5) is 0 Å². The molecule has 0 atom stereocenters. The molecule has 0 aliphatic heterocycles. The van der Waals surface area contributed by atoms with Crippen molar-refractivity contribution in [3.8, 4) is 0 Å². The zero-order chi connectivity index (χ0) is 14.3. The zero-order valence-electron chi connectivity index (χ0n) is 12.0. The lowest BCUT2D eigenvalue weighted by Crippen LogP contribution is -2.36. The van der Waals surface area contributed by atoms with E-state index in [1.165, 1.54) is 11.6 Å². The van der Waals surface area contributed by atoms with Gasteiger partial charge >= 0.3 is 5.69 Å². The molecule has 3 aromatic rings. The summed E-state index contributed by atoms with van der Waals surface area (Å²) in [6.07, 6.45) is 0.590. The molecule has 4 N–H and O–H groups in total. The van der Waals surface area contributed by atoms with Crippen LogP contribution < -0.4 is 17.4 Å². The first kappa shape index (κ1) is 14.7. The highest BCUT2D eigenvalue weighted by Gasteiger charge is 2.13. The predicted octanol–water partition coefficient (Wildman–Crippen LogP) is 0.713. The molecule has 7 heteroatoms. The Labute approximate surface area is 120 Å². The molecule has 21 heavy (non-hydrogen) atoms. The van der Waals surface area contributed by atoms with Crippen molar-refractivity contribution >= 4 is 11.2 Å². The molecule has 0 spiro atoms. The number of rotatable bonds is 2. The van der Waals surface area contributed by atoms with E-state index >= 15 is 0 Å². The summed E-state index contributed by atoms with van der Waals surface area (Å²) in [6, 6.07) is 9.83. The van der Waals surface area contributed by atoms with E-state index in [0.29, 0.717) is 23.4 Å². The number of nitrogens with one attached hydrogen (secondary N) is 1. The van der Waals surface area contributed by atoms with Crippen LogP contribution in [0.2, 0.25) is 0 Å². The SMILES string of the molecule is Cn1c(=O)c2[nH]c(Cc3ccccc3)nc2n(C)c1=O.N. The van der Waals surface area contributed by atoms with E-state index in [4.69, 9.17) is 0 Å². The molecule has 2 aromatic heterocycles. The van der Waals surface area contributed by atoms with Gasteiger partial charge in [0.25, 0.3) is 5.56 Å². The molecule has 0 bridgehead atoms. The average Bonchev–Trinajstić information content (AvgIpc) is 2.88. The normalized spacial score (nSPS) is 10.6. The summed E-state index contributed by atoms with van der Waals surface area (Å²) in [7, 11) is 3.07. The Morgan fingerprint density at radius 3 is 2.43 bits per heavy atom. The van der Waals surface area contributed by atoms with Gasteiger partial charge < -0.3 is 11.1 Å². The van der Waals surface area contributed by atoms with E-state index in [2.05, 4.69) is 9.97 Å². The quantitative estimate of drug-likeness (QED) is 0.723. The molecular formula is C14H17N5O2. The molecule has 0 saturated heterocycles. The number of nitrogens with zero attached hydrogens (tertiary/aromatic N) is 3. The zero-order valence-corrected chi connectivity index (χ0v) is 12.0. The maximum Gasteiger partial charge on any atom is 0.332 e. The third-order valence-corrected chi connectivity index (χ3v) is 3.36. The first-order chi connectivity index (χ1) is 9.58. The van der Waals surface area contributed by atoms with Gasteiger partial charge in [0.15, 0.2) is 5.65 Å². The minimum absolute atomic E-state index is 0. The fourth-order valence-electron chi connectivity index (χ4n) is 2.25. The van der Waals surface area contributed by atoms with Gasteiger partial charge in [-0.3, -0.25) is 13.9 Å². The summed E-state index contributed by atoms with van der Waals surface area (Å²) in [5.74, 6) is 0.671. The van der Waals surface area contributed by atoms with Crippen LogP contribution in [-0.4, -0.2) is 19.1 Å². The topological polar surface area (TPSA) is 108 Å². The Bertz CT molecular complexity index is 889. The van der Waals surface area contributed by atoms with Crippen LogP contribution in [-0.2, 0) is 20.5 Å². The van der Waals surface area contributed by atoms with Crippen molar-refractivity contribution in [3.05, 3.63) is 62.6 Å². The van der Waals surface area contributed by atoms with Crippen LogP contribution >= 0.6 is 0 Å². The molecule has 0 aliphatic rings. The van der Waals surface area contributed by atoms with E-state index in [9.17, 15) is 9.59 Å². The van der Waals surface area contributed by atoms with Crippen LogP contribution in [0.15, 0.2) is 39.9 Å². The van der Waals surface area contributed by atoms with Gasteiger partial charge in [0.05, 0.1) is 0 Å². The van der Waals surface area contributed by atoms with Crippen molar-refractivity contribution in [1.29, 1.82) is 0 Å². The van der Waals surface area contributed by atoms with Gasteiger partial charge in [-0.2, -0.15) is 0 Å². The first-order valence-electron chi connectivity index (χ1n) is 6.26. The lowest BCUT2D eigenvalue weighted by atomic mass is 10.1. The number of benzene rings is 1. The minimum atomic E-state index is -0.375. The lowest BCUT2D eigenvalue weighted by Gasteiger charge is -2.00. The second kappa shape index (κ2) is 5.37. The van der Waals surface area contributed by atoms with Gasteiger partial charge in [-0.25, -0.2) is 9.78 Å². The third kappa shape index (κ3) is 2.38. The van der Waals surface area contributed by atoms with Crippen molar-refractivity contribution in [2.45, 2.75) is 6.42 Å². The molecule has 0 fully saturated rings. The molecule has 0 radical (unpaired) electrons. The van der Waals surface area contributed by atoms with Gasteiger partial charge in [-0.1, -0.05) is 30.3 Å². The summed E-state index contributed by atoms with van der Waals surface area (Å²) in [4.78, 5) is 31.3. The van der Waals surface area contributed by atoms with Gasteiger partial charge in [-0.15, -0.1) is 0 Å². The number of H-pyrrole nitrogens is 1. The van der Waals surface area contributed by atoms with Gasteiger partial charge in [0.2, 0.25) is 0 Å². The van der Waals surface area contributed by atoms with Crippen molar-refractivity contribution in [2.75, 3.05) is 0 Å². The number of fused-ring (bicyclic) bond motifs is 1. The van der Waals surface area contributed by atoms with Crippen LogP contribution in [0, 0.1) is 0 Å². The molecule has 2 heterocycles. The Hall–Kier alpha value is -2.67. The third-order valence-electron chi connectivity index (χ3n) is 3.36.